The predicted octanol–water partition coefficient (Wildman–Crippen LogP) is -1.09. The third kappa shape index (κ3) is 4.62. The molecule has 0 unspecified atom stereocenters. The van der Waals surface area contributed by atoms with Gasteiger partial charge in [-0.15, -0.1) is 5.10 Å². The lowest BCUT2D eigenvalue weighted by molar-refractivity contribution is -0.121. The molecule has 0 atom stereocenters. The Morgan fingerprint density at radius 1 is 1.41 bits per heavy atom. The number of carbonyl (C=O) groups excluding carboxylic acids is 1. The molecule has 17 heavy (non-hydrogen) atoms. The third-order valence-electron chi connectivity index (χ3n) is 2.31. The van der Waals surface area contributed by atoms with Crippen LogP contribution in [-0.4, -0.2) is 38.0 Å². The number of hydrogen-bond acceptors (Lipinski definition) is 4. The van der Waals surface area contributed by atoms with Crippen molar-refractivity contribution in [2.75, 3.05) is 21.1 Å². The van der Waals surface area contributed by atoms with Gasteiger partial charge in [-0.3, -0.25) is 9.80 Å². The van der Waals surface area contributed by atoms with Gasteiger partial charge < -0.3 is 21.7 Å². The van der Waals surface area contributed by atoms with Crippen LogP contribution < -0.4 is 21.7 Å². The highest BCUT2D eigenvalue weighted by Crippen LogP contribution is 2.28. The summed E-state index contributed by atoms with van der Waals surface area (Å²) in [5.41, 5.74) is 5.51. The molecule has 96 valence electrons. The van der Waals surface area contributed by atoms with Gasteiger partial charge in [-0.2, -0.15) is 0 Å². The maximum Gasteiger partial charge on any atom is 0.228 e. The molecule has 1 fully saturated rings. The lowest BCUT2D eigenvalue weighted by Gasteiger charge is -2.13. The van der Waals surface area contributed by atoms with E-state index in [0.717, 1.165) is 12.8 Å². The molecule has 0 aliphatic heterocycles. The molecular weight excluding hydrogens is 220 g/mol. The first-order chi connectivity index (χ1) is 8.06. The van der Waals surface area contributed by atoms with Gasteiger partial charge in [0.05, 0.1) is 6.20 Å². The van der Waals surface area contributed by atoms with Crippen LogP contribution in [0, 0.1) is 5.92 Å². The molecule has 7 heteroatoms. The number of nitrogens with one attached hydrogen (secondary N) is 3. The van der Waals surface area contributed by atoms with E-state index in [4.69, 9.17) is 5.73 Å². The number of hydrogen-bond donors (Lipinski definition) is 4. The molecule has 1 aliphatic carbocycles. The van der Waals surface area contributed by atoms with Crippen molar-refractivity contribution in [1.29, 1.82) is 0 Å². The van der Waals surface area contributed by atoms with E-state index in [9.17, 15) is 4.79 Å². The van der Waals surface area contributed by atoms with Crippen molar-refractivity contribution in [2.24, 2.45) is 16.8 Å². The molecule has 0 bridgehead atoms. The summed E-state index contributed by atoms with van der Waals surface area (Å²) in [4.78, 5) is 11.6. The summed E-state index contributed by atoms with van der Waals surface area (Å²) in [6, 6.07) is 0. The minimum Gasteiger partial charge on any atom is -0.373 e. The van der Waals surface area contributed by atoms with Crippen LogP contribution >= 0.6 is 0 Å². The fraction of sp³-hybridized carbons (Fsp3) is 0.600. The zero-order valence-corrected chi connectivity index (χ0v) is 10.4. The molecule has 1 aliphatic rings. The molecule has 5 N–H and O–H groups in total. The molecule has 0 aromatic rings. The monoisotopic (exact) mass is 240 g/mol. The Bertz CT molecular complexity index is 334. The number of nitrogens with zero attached hydrogens (tertiary/aromatic N) is 2. The smallest absolute Gasteiger partial charge is 0.228 e. The van der Waals surface area contributed by atoms with Crippen molar-refractivity contribution in [2.45, 2.75) is 12.8 Å². The van der Waals surface area contributed by atoms with E-state index in [1.54, 1.807) is 27.3 Å². The lowest BCUT2D eigenvalue weighted by Crippen LogP contribution is -2.33. The van der Waals surface area contributed by atoms with E-state index in [1.807, 2.05) is 0 Å². The van der Waals surface area contributed by atoms with Crippen LogP contribution in [-0.2, 0) is 4.79 Å². The molecule has 0 heterocycles. The van der Waals surface area contributed by atoms with E-state index >= 15 is 0 Å². The van der Waals surface area contributed by atoms with Gasteiger partial charge in [0.2, 0.25) is 11.9 Å². The normalized spacial score (nSPS) is 16.4. The number of nitrogens with two attached hydrogens (primary N) is 1. The Morgan fingerprint density at radius 3 is 2.53 bits per heavy atom. The van der Waals surface area contributed by atoms with E-state index in [1.165, 1.54) is 5.01 Å². The predicted molar refractivity (Wildman–Crippen MR) is 66.5 cm³/mol. The fourth-order valence-electron chi connectivity index (χ4n) is 1.18. The molecule has 0 saturated heterocycles. The van der Waals surface area contributed by atoms with Crippen LogP contribution in [0.15, 0.2) is 17.1 Å². The highest BCUT2D eigenvalue weighted by molar-refractivity contribution is 5.82. The minimum atomic E-state index is 0.0459. The van der Waals surface area contributed by atoms with Gasteiger partial charge in [-0.1, -0.05) is 0 Å². The SMILES string of the molecule is CN/C(N)=N\N(C)/C=C(\NC)NC(=O)C1CC1. The van der Waals surface area contributed by atoms with Crippen LogP contribution in [0.2, 0.25) is 0 Å². The van der Waals surface area contributed by atoms with Crippen molar-refractivity contribution in [1.82, 2.24) is 21.0 Å². The summed E-state index contributed by atoms with van der Waals surface area (Å²) in [5, 5.41) is 13.9. The second-order valence-electron chi connectivity index (χ2n) is 3.87. The van der Waals surface area contributed by atoms with Gasteiger partial charge in [0.25, 0.3) is 0 Å². The molecule has 0 radical (unpaired) electrons. The fourth-order valence-corrected chi connectivity index (χ4v) is 1.18. The zero-order valence-electron chi connectivity index (χ0n) is 10.4. The highest BCUT2D eigenvalue weighted by atomic mass is 16.2. The molecule has 0 aromatic heterocycles. The number of hydrazone groups is 1. The van der Waals surface area contributed by atoms with Crippen LogP contribution in [0.5, 0.6) is 0 Å². The summed E-state index contributed by atoms with van der Waals surface area (Å²) < 4.78 is 0. The maximum atomic E-state index is 11.6. The Hall–Kier alpha value is -1.92. The minimum absolute atomic E-state index is 0.0459. The van der Waals surface area contributed by atoms with Crippen molar-refractivity contribution >= 4 is 11.9 Å². The summed E-state index contributed by atoms with van der Waals surface area (Å²) in [6.07, 6.45) is 3.61. The largest absolute Gasteiger partial charge is 0.373 e. The maximum absolute atomic E-state index is 11.6. The van der Waals surface area contributed by atoms with Crippen LogP contribution in [0.4, 0.5) is 0 Å². The Morgan fingerprint density at radius 2 is 2.06 bits per heavy atom. The Labute approximate surface area is 101 Å². The topological polar surface area (TPSA) is 94.8 Å². The standard InChI is InChI=1S/C10H20N6O/c1-12-8(14-9(17)7-4-5-7)6-16(3)15-10(11)13-2/h6-7,12H,4-5H2,1-3H3,(H,14,17)(H3,11,13,15)/b8-6+. The quantitative estimate of drug-likeness (QED) is 0.278. The van der Waals surface area contributed by atoms with Gasteiger partial charge >= 0.3 is 0 Å². The summed E-state index contributed by atoms with van der Waals surface area (Å²) >= 11 is 0. The van der Waals surface area contributed by atoms with Crippen molar-refractivity contribution < 1.29 is 4.79 Å². The first kappa shape index (κ1) is 13.1. The zero-order chi connectivity index (χ0) is 12.8. The van der Waals surface area contributed by atoms with E-state index < -0.39 is 0 Å². The van der Waals surface area contributed by atoms with Crippen molar-refractivity contribution in [3.05, 3.63) is 12.0 Å². The van der Waals surface area contributed by atoms with Gasteiger partial charge in [0, 0.05) is 27.1 Å². The van der Waals surface area contributed by atoms with E-state index in [2.05, 4.69) is 21.1 Å². The van der Waals surface area contributed by atoms with Gasteiger partial charge in [-0.05, 0) is 12.8 Å². The molecule has 1 saturated carbocycles. The summed E-state index contributed by atoms with van der Waals surface area (Å²) in [5.74, 6) is 1.11. The molecular formula is C10H20N6O. The highest BCUT2D eigenvalue weighted by Gasteiger charge is 2.29. The number of rotatable bonds is 5. The molecule has 0 spiro atoms. The first-order valence-electron chi connectivity index (χ1n) is 5.52. The van der Waals surface area contributed by atoms with Gasteiger partial charge in [-0.25, -0.2) is 0 Å². The van der Waals surface area contributed by atoms with E-state index in [0.29, 0.717) is 11.8 Å². The molecule has 1 amide bonds. The molecule has 7 nitrogen and oxygen atoms in total. The average molecular weight is 240 g/mol. The number of carbonyl (C=O) groups is 1. The number of guanidine groups is 1. The van der Waals surface area contributed by atoms with Crippen LogP contribution in [0.25, 0.3) is 0 Å². The first-order valence-corrected chi connectivity index (χ1v) is 5.52. The summed E-state index contributed by atoms with van der Waals surface area (Å²) in [6.45, 7) is 0. The Kier molecular flexibility index (Phi) is 4.62. The van der Waals surface area contributed by atoms with Gasteiger partial charge in [0.1, 0.15) is 5.82 Å². The van der Waals surface area contributed by atoms with Gasteiger partial charge in [0.15, 0.2) is 0 Å². The number of amides is 1. The Balaban J connectivity index is 2.55. The van der Waals surface area contributed by atoms with Crippen molar-refractivity contribution in [3.63, 3.8) is 0 Å². The second kappa shape index (κ2) is 5.97. The van der Waals surface area contributed by atoms with E-state index in [-0.39, 0.29) is 11.8 Å². The molecule has 0 aromatic carbocycles. The lowest BCUT2D eigenvalue weighted by atomic mass is 10.4. The average Bonchev–Trinajstić information content (AvgIpc) is 3.11. The summed E-state index contributed by atoms with van der Waals surface area (Å²) in [7, 11) is 5.15. The third-order valence-corrected chi connectivity index (χ3v) is 2.31. The molecule has 1 rings (SSSR count). The van der Waals surface area contributed by atoms with Crippen LogP contribution in [0.3, 0.4) is 0 Å². The second-order valence-corrected chi connectivity index (χ2v) is 3.87. The van der Waals surface area contributed by atoms with Crippen LogP contribution in [0.1, 0.15) is 12.8 Å². The van der Waals surface area contributed by atoms with Crippen molar-refractivity contribution in [3.8, 4) is 0 Å².